The average Bonchev–Trinajstić information content (AvgIpc) is 2.89. The molecule has 1 saturated carbocycles. The fourth-order valence-corrected chi connectivity index (χ4v) is 3.11. The zero-order valence-electron chi connectivity index (χ0n) is 12.5. The van der Waals surface area contributed by atoms with Crippen molar-refractivity contribution in [1.29, 1.82) is 0 Å². The maximum atomic E-state index is 12.0. The minimum atomic E-state index is 0.0768. The Morgan fingerprint density at radius 3 is 2.95 bits per heavy atom. The van der Waals surface area contributed by atoms with Crippen LogP contribution in [-0.4, -0.2) is 25.7 Å². The van der Waals surface area contributed by atoms with E-state index in [0.29, 0.717) is 5.82 Å². The van der Waals surface area contributed by atoms with E-state index in [0.717, 1.165) is 43.5 Å². The number of anilines is 1. The van der Waals surface area contributed by atoms with E-state index < -0.39 is 0 Å². The molecule has 1 aliphatic heterocycles. The lowest BCUT2D eigenvalue weighted by molar-refractivity contribution is -0.122. The first-order valence-electron chi connectivity index (χ1n) is 7.99. The second kappa shape index (κ2) is 5.51. The molecule has 2 aliphatic rings. The van der Waals surface area contributed by atoms with E-state index >= 15 is 0 Å². The topological polar surface area (TPSA) is 72.7 Å². The molecule has 6 nitrogen and oxygen atoms in total. The zero-order valence-corrected chi connectivity index (χ0v) is 12.5. The van der Waals surface area contributed by atoms with Gasteiger partial charge in [0.1, 0.15) is 12.1 Å². The van der Waals surface area contributed by atoms with Gasteiger partial charge in [-0.1, -0.05) is 6.42 Å². The molecule has 0 bridgehead atoms. The Bertz CT molecular complexity index is 704. The average molecular weight is 297 g/mol. The number of aryl methyl sites for hydroxylation is 1. The Morgan fingerprint density at radius 1 is 1.23 bits per heavy atom. The molecule has 114 valence electrons. The summed E-state index contributed by atoms with van der Waals surface area (Å²) in [4.78, 5) is 20.6. The maximum Gasteiger partial charge on any atom is 0.228 e. The highest BCUT2D eigenvalue weighted by Crippen LogP contribution is 2.29. The number of amides is 1. The summed E-state index contributed by atoms with van der Waals surface area (Å²) in [6.45, 7) is 0.978. The Kier molecular flexibility index (Phi) is 3.36. The minimum absolute atomic E-state index is 0.0768. The molecule has 0 atom stereocenters. The molecule has 0 spiro atoms. The Labute approximate surface area is 129 Å². The highest BCUT2D eigenvalue weighted by molar-refractivity contribution is 5.92. The van der Waals surface area contributed by atoms with Gasteiger partial charge in [0.2, 0.25) is 5.91 Å². The summed E-state index contributed by atoms with van der Waals surface area (Å²) in [5.41, 5.74) is 3.13. The fourth-order valence-electron chi connectivity index (χ4n) is 3.11. The summed E-state index contributed by atoms with van der Waals surface area (Å²) in [6, 6.07) is 1.85. The molecular weight excluding hydrogens is 278 g/mol. The van der Waals surface area contributed by atoms with Gasteiger partial charge in [-0.05, 0) is 32.1 Å². The molecule has 4 rings (SSSR count). The largest absolute Gasteiger partial charge is 0.310 e. The van der Waals surface area contributed by atoms with Gasteiger partial charge < -0.3 is 5.32 Å². The van der Waals surface area contributed by atoms with Gasteiger partial charge in [0.15, 0.2) is 0 Å². The molecule has 22 heavy (non-hydrogen) atoms. The highest BCUT2D eigenvalue weighted by atomic mass is 16.2. The summed E-state index contributed by atoms with van der Waals surface area (Å²) < 4.78 is 2.06. The molecule has 1 amide bonds. The van der Waals surface area contributed by atoms with E-state index in [2.05, 4.69) is 25.1 Å². The normalized spacial score (nSPS) is 17.6. The van der Waals surface area contributed by atoms with E-state index in [1.165, 1.54) is 24.9 Å². The predicted molar refractivity (Wildman–Crippen MR) is 82.2 cm³/mol. The van der Waals surface area contributed by atoms with Gasteiger partial charge in [-0.15, -0.1) is 0 Å². The van der Waals surface area contributed by atoms with Crippen molar-refractivity contribution in [2.45, 2.75) is 45.1 Å². The van der Waals surface area contributed by atoms with Crippen LogP contribution in [0.15, 0.2) is 18.6 Å². The molecule has 1 aliphatic carbocycles. The fraction of sp³-hybridized carbons (Fsp3) is 0.500. The first kappa shape index (κ1) is 13.4. The van der Waals surface area contributed by atoms with Gasteiger partial charge in [0.05, 0.1) is 11.9 Å². The van der Waals surface area contributed by atoms with Crippen LogP contribution in [0.25, 0.3) is 11.3 Å². The number of carbonyl (C=O) groups is 1. The number of carbonyl (C=O) groups excluding carboxylic acids is 1. The van der Waals surface area contributed by atoms with Crippen molar-refractivity contribution in [3.05, 3.63) is 24.3 Å². The number of nitrogens with zero attached hydrogens (tertiary/aromatic N) is 4. The summed E-state index contributed by atoms with van der Waals surface area (Å²) in [5, 5.41) is 7.35. The van der Waals surface area contributed by atoms with Gasteiger partial charge >= 0.3 is 0 Å². The van der Waals surface area contributed by atoms with Crippen LogP contribution in [0.2, 0.25) is 0 Å². The number of hydrogen-bond donors (Lipinski definition) is 1. The highest BCUT2D eigenvalue weighted by Gasteiger charge is 2.25. The Balaban J connectivity index is 1.59. The van der Waals surface area contributed by atoms with Crippen molar-refractivity contribution < 1.29 is 4.79 Å². The Hall–Kier alpha value is -2.24. The number of rotatable bonds is 3. The minimum Gasteiger partial charge on any atom is -0.310 e. The molecule has 2 aromatic rings. The summed E-state index contributed by atoms with van der Waals surface area (Å²) in [7, 11) is 0. The summed E-state index contributed by atoms with van der Waals surface area (Å²) in [5.74, 6) is 0.813. The van der Waals surface area contributed by atoms with Crippen LogP contribution in [0.1, 0.15) is 37.8 Å². The van der Waals surface area contributed by atoms with E-state index in [1.807, 2.05) is 12.3 Å². The van der Waals surface area contributed by atoms with Crippen LogP contribution in [0.5, 0.6) is 0 Å². The van der Waals surface area contributed by atoms with E-state index in [9.17, 15) is 4.79 Å². The van der Waals surface area contributed by atoms with Crippen molar-refractivity contribution >= 4 is 11.7 Å². The smallest absolute Gasteiger partial charge is 0.228 e. The molecule has 1 fully saturated rings. The van der Waals surface area contributed by atoms with Crippen molar-refractivity contribution in [2.24, 2.45) is 5.92 Å². The molecule has 0 saturated heterocycles. The van der Waals surface area contributed by atoms with Crippen LogP contribution >= 0.6 is 0 Å². The molecule has 0 aromatic carbocycles. The number of hydrogen-bond acceptors (Lipinski definition) is 4. The van der Waals surface area contributed by atoms with Crippen LogP contribution < -0.4 is 5.32 Å². The molecular formula is C16H19N5O. The second-order valence-electron chi connectivity index (χ2n) is 6.09. The predicted octanol–water partition coefficient (Wildman–Crippen LogP) is 2.42. The SMILES string of the molecule is O=C(Nc1cc(-c2cnn3c2CCCC3)ncn1)C1CCC1. The van der Waals surface area contributed by atoms with Crippen molar-refractivity contribution in [3.63, 3.8) is 0 Å². The standard InChI is InChI=1S/C16H19N5O/c22-16(11-4-3-5-11)20-15-8-13(17-10-18-15)12-9-19-21-7-2-1-6-14(12)21/h8-11H,1-7H2,(H,17,18,20,22). The lowest BCUT2D eigenvalue weighted by atomic mass is 9.85. The van der Waals surface area contributed by atoms with Gasteiger partial charge in [-0.25, -0.2) is 9.97 Å². The molecule has 0 unspecified atom stereocenters. The summed E-state index contributed by atoms with van der Waals surface area (Å²) >= 11 is 0. The van der Waals surface area contributed by atoms with Gasteiger partial charge in [-0.3, -0.25) is 9.48 Å². The zero-order chi connectivity index (χ0) is 14.9. The quantitative estimate of drug-likeness (QED) is 0.944. The molecule has 1 N–H and O–H groups in total. The van der Waals surface area contributed by atoms with Crippen molar-refractivity contribution in [2.75, 3.05) is 5.32 Å². The first-order chi connectivity index (χ1) is 10.8. The first-order valence-corrected chi connectivity index (χ1v) is 7.99. The number of fused-ring (bicyclic) bond motifs is 1. The lowest BCUT2D eigenvalue weighted by Gasteiger charge is -2.23. The number of nitrogens with one attached hydrogen (secondary N) is 1. The van der Waals surface area contributed by atoms with Crippen LogP contribution in [0.3, 0.4) is 0 Å². The second-order valence-corrected chi connectivity index (χ2v) is 6.09. The van der Waals surface area contributed by atoms with Gasteiger partial charge in [0, 0.05) is 29.8 Å². The molecule has 3 heterocycles. The van der Waals surface area contributed by atoms with Gasteiger partial charge in [-0.2, -0.15) is 5.10 Å². The third kappa shape index (κ3) is 2.38. The third-order valence-electron chi connectivity index (χ3n) is 4.65. The lowest BCUT2D eigenvalue weighted by Crippen LogP contribution is -2.28. The van der Waals surface area contributed by atoms with E-state index in [-0.39, 0.29) is 11.8 Å². The van der Waals surface area contributed by atoms with Crippen LogP contribution in [-0.2, 0) is 17.8 Å². The molecule has 2 aromatic heterocycles. The van der Waals surface area contributed by atoms with Crippen molar-refractivity contribution in [1.82, 2.24) is 19.7 Å². The molecule has 6 heteroatoms. The van der Waals surface area contributed by atoms with Crippen molar-refractivity contribution in [3.8, 4) is 11.3 Å². The van der Waals surface area contributed by atoms with E-state index in [1.54, 1.807) is 0 Å². The van der Waals surface area contributed by atoms with E-state index in [4.69, 9.17) is 0 Å². The Morgan fingerprint density at radius 2 is 2.14 bits per heavy atom. The third-order valence-corrected chi connectivity index (χ3v) is 4.65. The maximum absolute atomic E-state index is 12.0. The number of aromatic nitrogens is 4. The summed E-state index contributed by atoms with van der Waals surface area (Å²) in [6.07, 6.45) is 9.91. The monoisotopic (exact) mass is 297 g/mol. The molecule has 0 radical (unpaired) electrons. The van der Waals surface area contributed by atoms with Crippen LogP contribution in [0, 0.1) is 5.92 Å². The van der Waals surface area contributed by atoms with Gasteiger partial charge in [0.25, 0.3) is 0 Å². The van der Waals surface area contributed by atoms with Crippen LogP contribution in [0.4, 0.5) is 5.82 Å².